The topological polar surface area (TPSA) is 52.6 Å². The van der Waals surface area contributed by atoms with Crippen LogP contribution in [0.3, 0.4) is 0 Å². The first-order chi connectivity index (χ1) is 11.4. The summed E-state index contributed by atoms with van der Waals surface area (Å²) in [6.07, 6.45) is 3.27. The molecule has 6 heteroatoms. The monoisotopic (exact) mass is 364 g/mol. The molecule has 0 atom stereocenters. The van der Waals surface area contributed by atoms with Crippen LogP contribution in [0.15, 0.2) is 30.3 Å². The number of rotatable bonds is 6. The molecule has 2 rings (SSSR count). The second kappa shape index (κ2) is 8.13. The minimum atomic E-state index is -0.432. The van der Waals surface area contributed by atoms with Gasteiger partial charge in [0.15, 0.2) is 12.4 Å². The van der Waals surface area contributed by atoms with E-state index in [1.807, 2.05) is 26.0 Å². The number of esters is 1. The van der Waals surface area contributed by atoms with Crippen LogP contribution >= 0.6 is 22.9 Å². The average Bonchev–Trinajstić information content (AvgIpc) is 2.98. The quantitative estimate of drug-likeness (QED) is 0.431. The van der Waals surface area contributed by atoms with Gasteiger partial charge in [-0.25, -0.2) is 4.79 Å². The van der Waals surface area contributed by atoms with Gasteiger partial charge in [0.2, 0.25) is 0 Å². The molecule has 0 N–H and O–H groups in total. The summed E-state index contributed by atoms with van der Waals surface area (Å²) in [4.78, 5) is 23.9. The number of benzene rings is 1. The molecule has 0 spiro atoms. The number of hydrogen-bond donors (Lipinski definition) is 0. The van der Waals surface area contributed by atoms with Crippen LogP contribution in [0, 0.1) is 13.8 Å². The third-order valence-electron chi connectivity index (χ3n) is 3.29. The Bertz CT molecular complexity index is 769. The highest BCUT2D eigenvalue weighted by Crippen LogP contribution is 2.26. The first-order valence-corrected chi connectivity index (χ1v) is 8.38. The van der Waals surface area contributed by atoms with E-state index in [0.717, 1.165) is 16.7 Å². The van der Waals surface area contributed by atoms with E-state index < -0.39 is 5.97 Å². The van der Waals surface area contributed by atoms with Gasteiger partial charge in [-0.15, -0.1) is 11.3 Å². The predicted octanol–water partition coefficient (Wildman–Crippen LogP) is 4.47. The van der Waals surface area contributed by atoms with E-state index in [0.29, 0.717) is 15.0 Å². The van der Waals surface area contributed by atoms with Crippen LogP contribution in [0.25, 0.3) is 6.08 Å². The van der Waals surface area contributed by atoms with Crippen LogP contribution in [0.5, 0.6) is 5.75 Å². The van der Waals surface area contributed by atoms with Gasteiger partial charge in [-0.2, -0.15) is 0 Å². The average molecular weight is 365 g/mol. The molecule has 0 saturated heterocycles. The summed E-state index contributed by atoms with van der Waals surface area (Å²) in [6, 6.07) is 7.20. The molecule has 0 aliphatic rings. The number of thiophene rings is 1. The number of carbonyl (C=O) groups is 2. The Morgan fingerprint density at radius 1 is 1.21 bits per heavy atom. The first kappa shape index (κ1) is 18.2. The van der Waals surface area contributed by atoms with Crippen molar-refractivity contribution >= 4 is 40.8 Å². The maximum atomic E-state index is 12.1. The highest BCUT2D eigenvalue weighted by atomic mass is 35.5. The molecule has 0 bridgehead atoms. The molecule has 1 heterocycles. The van der Waals surface area contributed by atoms with Crippen molar-refractivity contribution in [1.29, 1.82) is 0 Å². The smallest absolute Gasteiger partial charge is 0.343 e. The Hall–Kier alpha value is -2.11. The van der Waals surface area contributed by atoms with E-state index in [-0.39, 0.29) is 12.4 Å². The molecule has 0 radical (unpaired) electrons. The fourth-order valence-electron chi connectivity index (χ4n) is 2.20. The third-order valence-corrected chi connectivity index (χ3v) is 4.53. The molecule has 0 saturated carbocycles. The van der Waals surface area contributed by atoms with Crippen molar-refractivity contribution < 1.29 is 19.1 Å². The van der Waals surface area contributed by atoms with Crippen molar-refractivity contribution in [2.24, 2.45) is 0 Å². The molecular formula is C18H17ClO4S. The number of ketones is 1. The minimum Gasteiger partial charge on any atom is -0.481 e. The van der Waals surface area contributed by atoms with E-state index in [2.05, 4.69) is 4.74 Å². The van der Waals surface area contributed by atoms with Gasteiger partial charge in [0.1, 0.15) is 5.75 Å². The highest BCUT2D eigenvalue weighted by Gasteiger charge is 2.09. The van der Waals surface area contributed by atoms with Crippen molar-refractivity contribution in [3.8, 4) is 5.75 Å². The number of halogens is 1. The van der Waals surface area contributed by atoms with Crippen molar-refractivity contribution in [3.05, 3.63) is 56.2 Å². The zero-order valence-electron chi connectivity index (χ0n) is 13.6. The summed E-state index contributed by atoms with van der Waals surface area (Å²) in [7, 11) is 1.32. The lowest BCUT2D eigenvalue weighted by molar-refractivity contribution is -0.142. The minimum absolute atomic E-state index is 0.0896. The van der Waals surface area contributed by atoms with E-state index >= 15 is 0 Å². The first-order valence-electron chi connectivity index (χ1n) is 7.19. The van der Waals surface area contributed by atoms with Crippen molar-refractivity contribution in [2.45, 2.75) is 13.8 Å². The van der Waals surface area contributed by atoms with Crippen molar-refractivity contribution in [2.75, 3.05) is 13.7 Å². The highest BCUT2D eigenvalue weighted by molar-refractivity contribution is 7.18. The van der Waals surface area contributed by atoms with Crippen LogP contribution in [0.1, 0.15) is 26.4 Å². The standard InChI is InChI=1S/C18H17ClO4S/c1-11-8-13(4-5-14(20)15-6-7-16(19)24-15)9-12(2)18(11)23-10-17(21)22-3/h4-9H,10H2,1-3H3. The Morgan fingerprint density at radius 2 is 1.88 bits per heavy atom. The second-order valence-electron chi connectivity index (χ2n) is 5.15. The number of carbonyl (C=O) groups excluding carboxylic acids is 2. The summed E-state index contributed by atoms with van der Waals surface area (Å²) in [5, 5.41) is 0. The van der Waals surface area contributed by atoms with E-state index in [1.54, 1.807) is 18.2 Å². The molecule has 1 aromatic carbocycles. The van der Waals surface area contributed by atoms with Gasteiger partial charge in [0, 0.05) is 0 Å². The van der Waals surface area contributed by atoms with Crippen LogP contribution in [0.4, 0.5) is 0 Å². The van der Waals surface area contributed by atoms with Gasteiger partial charge < -0.3 is 9.47 Å². The number of aryl methyl sites for hydroxylation is 2. The van der Waals surface area contributed by atoms with Crippen LogP contribution < -0.4 is 4.74 Å². The molecule has 4 nitrogen and oxygen atoms in total. The number of hydrogen-bond acceptors (Lipinski definition) is 5. The number of ether oxygens (including phenoxy) is 2. The van der Waals surface area contributed by atoms with Crippen LogP contribution in [-0.2, 0) is 9.53 Å². The van der Waals surface area contributed by atoms with E-state index in [4.69, 9.17) is 16.3 Å². The Labute approximate surface area is 149 Å². The Kier molecular flexibility index (Phi) is 6.17. The summed E-state index contributed by atoms with van der Waals surface area (Å²) in [5.74, 6) is 0.125. The fourth-order valence-corrected chi connectivity index (χ4v) is 3.16. The van der Waals surface area contributed by atoms with Crippen molar-refractivity contribution in [1.82, 2.24) is 0 Å². The van der Waals surface area contributed by atoms with Gasteiger partial charge >= 0.3 is 5.97 Å². The van der Waals surface area contributed by atoms with Crippen LogP contribution in [-0.4, -0.2) is 25.5 Å². The molecule has 0 unspecified atom stereocenters. The van der Waals surface area contributed by atoms with Gasteiger partial charge in [-0.3, -0.25) is 4.79 Å². The Morgan fingerprint density at radius 3 is 2.42 bits per heavy atom. The molecule has 126 valence electrons. The summed E-state index contributed by atoms with van der Waals surface area (Å²) >= 11 is 7.09. The largest absolute Gasteiger partial charge is 0.481 e. The van der Waals surface area contributed by atoms with E-state index in [1.165, 1.54) is 24.5 Å². The molecule has 0 amide bonds. The third kappa shape index (κ3) is 4.69. The number of allylic oxidation sites excluding steroid dienone is 1. The second-order valence-corrected chi connectivity index (χ2v) is 6.87. The lowest BCUT2D eigenvalue weighted by Gasteiger charge is -2.12. The Balaban J connectivity index is 2.13. The summed E-state index contributed by atoms with van der Waals surface area (Å²) < 4.78 is 10.6. The molecule has 0 aliphatic heterocycles. The van der Waals surface area contributed by atoms with Gasteiger partial charge in [0.25, 0.3) is 0 Å². The molecule has 0 aliphatic carbocycles. The normalized spacial score (nSPS) is 10.8. The zero-order chi connectivity index (χ0) is 17.7. The maximum absolute atomic E-state index is 12.1. The van der Waals surface area contributed by atoms with Gasteiger partial charge in [-0.05, 0) is 60.9 Å². The molecule has 2 aromatic rings. The van der Waals surface area contributed by atoms with E-state index in [9.17, 15) is 9.59 Å². The lowest BCUT2D eigenvalue weighted by Crippen LogP contribution is -2.13. The van der Waals surface area contributed by atoms with Gasteiger partial charge in [-0.1, -0.05) is 17.7 Å². The summed E-state index contributed by atoms with van der Waals surface area (Å²) in [5.41, 5.74) is 2.64. The molecule has 24 heavy (non-hydrogen) atoms. The maximum Gasteiger partial charge on any atom is 0.343 e. The van der Waals surface area contributed by atoms with Crippen molar-refractivity contribution in [3.63, 3.8) is 0 Å². The zero-order valence-corrected chi connectivity index (χ0v) is 15.2. The molecule has 1 aromatic heterocycles. The fraction of sp³-hybridized carbons (Fsp3) is 0.222. The molecular weight excluding hydrogens is 348 g/mol. The SMILES string of the molecule is COC(=O)COc1c(C)cc(C=CC(=O)c2ccc(Cl)s2)cc1C. The predicted molar refractivity (Wildman–Crippen MR) is 96.1 cm³/mol. The lowest BCUT2D eigenvalue weighted by atomic mass is 10.0. The molecule has 0 fully saturated rings. The number of methoxy groups -OCH3 is 1. The van der Waals surface area contributed by atoms with Crippen LogP contribution in [0.2, 0.25) is 4.34 Å². The summed E-state index contributed by atoms with van der Waals surface area (Å²) in [6.45, 7) is 3.64. The van der Waals surface area contributed by atoms with Gasteiger partial charge in [0.05, 0.1) is 16.3 Å².